The van der Waals surface area contributed by atoms with Crippen molar-refractivity contribution in [2.45, 2.75) is 33.4 Å². The van der Waals surface area contributed by atoms with E-state index in [4.69, 9.17) is 4.52 Å². The highest BCUT2D eigenvalue weighted by molar-refractivity contribution is 5.74. The minimum atomic E-state index is 0.0167. The first kappa shape index (κ1) is 17.5. The predicted molar refractivity (Wildman–Crippen MR) is 96.1 cm³/mol. The topological polar surface area (TPSA) is 61.6 Å². The molecule has 1 aliphatic heterocycles. The molecule has 1 saturated heterocycles. The van der Waals surface area contributed by atoms with E-state index in [1.54, 1.807) is 0 Å². The number of carbonyl (C=O) groups excluding carboxylic acids is 1. The molecule has 0 atom stereocenters. The van der Waals surface area contributed by atoms with Gasteiger partial charge in [-0.15, -0.1) is 0 Å². The lowest BCUT2D eigenvalue weighted by molar-refractivity contribution is 0.197. The van der Waals surface area contributed by atoms with Crippen LogP contribution in [0.3, 0.4) is 0 Å². The number of nitrogens with zero attached hydrogens (tertiary/aromatic N) is 3. The zero-order chi connectivity index (χ0) is 17.6. The minimum absolute atomic E-state index is 0.0167. The Labute approximate surface area is 148 Å². The van der Waals surface area contributed by atoms with Gasteiger partial charge in [-0.3, -0.25) is 4.90 Å². The molecular weight excluding hydrogens is 316 g/mol. The first-order valence-corrected chi connectivity index (χ1v) is 8.84. The van der Waals surface area contributed by atoms with Crippen LogP contribution in [0.25, 0.3) is 0 Å². The molecule has 134 valence electrons. The first-order valence-electron chi connectivity index (χ1n) is 8.84. The second kappa shape index (κ2) is 8.16. The van der Waals surface area contributed by atoms with E-state index in [-0.39, 0.29) is 6.03 Å². The highest BCUT2D eigenvalue weighted by Crippen LogP contribution is 2.16. The Hall–Kier alpha value is -2.34. The molecule has 1 N–H and O–H groups in total. The van der Waals surface area contributed by atoms with Crippen molar-refractivity contribution in [2.75, 3.05) is 26.2 Å². The Kier molecular flexibility index (Phi) is 5.71. The van der Waals surface area contributed by atoms with Crippen molar-refractivity contribution < 1.29 is 9.32 Å². The summed E-state index contributed by atoms with van der Waals surface area (Å²) in [5.41, 5.74) is 3.24. The van der Waals surface area contributed by atoms with Gasteiger partial charge in [-0.1, -0.05) is 35.5 Å². The fourth-order valence-electron chi connectivity index (χ4n) is 3.17. The van der Waals surface area contributed by atoms with Crippen molar-refractivity contribution in [1.29, 1.82) is 0 Å². The van der Waals surface area contributed by atoms with Crippen LogP contribution in [-0.2, 0) is 13.1 Å². The molecular formula is C19H26N4O2. The summed E-state index contributed by atoms with van der Waals surface area (Å²) < 4.78 is 5.25. The molecule has 3 rings (SSSR count). The van der Waals surface area contributed by atoms with Gasteiger partial charge in [0.25, 0.3) is 0 Å². The number of urea groups is 1. The number of nitrogens with one attached hydrogen (secondary N) is 1. The van der Waals surface area contributed by atoms with Gasteiger partial charge in [-0.25, -0.2) is 4.79 Å². The molecule has 0 saturated carbocycles. The summed E-state index contributed by atoms with van der Waals surface area (Å²) in [6.07, 6.45) is 0.974. The van der Waals surface area contributed by atoms with Gasteiger partial charge >= 0.3 is 6.03 Å². The first-order chi connectivity index (χ1) is 12.1. The van der Waals surface area contributed by atoms with Crippen LogP contribution in [0.15, 0.2) is 34.9 Å². The summed E-state index contributed by atoms with van der Waals surface area (Å²) in [6, 6.07) is 10.0. The van der Waals surface area contributed by atoms with Crippen molar-refractivity contribution in [1.82, 2.24) is 20.3 Å². The number of hydrogen-bond donors (Lipinski definition) is 1. The third-order valence-corrected chi connectivity index (χ3v) is 4.73. The molecule has 1 fully saturated rings. The molecule has 6 nitrogen and oxygen atoms in total. The fourth-order valence-corrected chi connectivity index (χ4v) is 3.17. The molecule has 0 bridgehead atoms. The quantitative estimate of drug-likeness (QED) is 0.928. The molecule has 1 aromatic carbocycles. The van der Waals surface area contributed by atoms with Gasteiger partial charge in [0.2, 0.25) is 0 Å². The van der Waals surface area contributed by atoms with Crippen LogP contribution in [0.4, 0.5) is 4.79 Å². The number of amides is 2. The maximum Gasteiger partial charge on any atom is 0.317 e. The van der Waals surface area contributed by atoms with Gasteiger partial charge in [0.15, 0.2) is 0 Å². The molecule has 6 heteroatoms. The SMILES string of the molecule is Cc1noc(C)c1CN1CCCN(C(=O)NCc2ccccc2)CC1. The predicted octanol–water partition coefficient (Wildman–Crippen LogP) is 2.71. The second-order valence-corrected chi connectivity index (χ2v) is 6.56. The number of aryl methyl sites for hydroxylation is 2. The van der Waals surface area contributed by atoms with E-state index in [2.05, 4.69) is 15.4 Å². The van der Waals surface area contributed by atoms with E-state index in [0.29, 0.717) is 6.54 Å². The summed E-state index contributed by atoms with van der Waals surface area (Å²) >= 11 is 0. The molecule has 0 radical (unpaired) electrons. The van der Waals surface area contributed by atoms with E-state index in [0.717, 1.165) is 56.2 Å². The second-order valence-electron chi connectivity index (χ2n) is 6.56. The third kappa shape index (κ3) is 4.60. The van der Waals surface area contributed by atoms with Gasteiger partial charge in [0.05, 0.1) is 5.69 Å². The summed E-state index contributed by atoms with van der Waals surface area (Å²) in [4.78, 5) is 16.7. The number of aromatic nitrogens is 1. The third-order valence-electron chi connectivity index (χ3n) is 4.73. The molecule has 0 aliphatic carbocycles. The lowest BCUT2D eigenvalue weighted by Crippen LogP contribution is -2.41. The van der Waals surface area contributed by atoms with Gasteiger partial charge < -0.3 is 14.7 Å². The molecule has 0 spiro atoms. The summed E-state index contributed by atoms with van der Waals surface area (Å²) in [5, 5.41) is 7.04. The molecule has 2 amide bonds. The molecule has 25 heavy (non-hydrogen) atoms. The number of benzene rings is 1. The number of rotatable bonds is 4. The van der Waals surface area contributed by atoms with Crippen LogP contribution >= 0.6 is 0 Å². The summed E-state index contributed by atoms with van der Waals surface area (Å²) in [7, 11) is 0. The number of carbonyl (C=O) groups is 1. The van der Waals surface area contributed by atoms with Gasteiger partial charge in [0.1, 0.15) is 5.76 Å². The average molecular weight is 342 g/mol. The Morgan fingerprint density at radius 3 is 2.68 bits per heavy atom. The normalized spacial score (nSPS) is 15.8. The summed E-state index contributed by atoms with van der Waals surface area (Å²) in [5.74, 6) is 0.888. The fraction of sp³-hybridized carbons (Fsp3) is 0.474. The zero-order valence-electron chi connectivity index (χ0n) is 15.0. The van der Waals surface area contributed by atoms with Crippen molar-refractivity contribution in [3.8, 4) is 0 Å². The summed E-state index contributed by atoms with van der Waals surface area (Å²) in [6.45, 7) is 8.71. The van der Waals surface area contributed by atoms with E-state index >= 15 is 0 Å². The lowest BCUT2D eigenvalue weighted by Gasteiger charge is -2.22. The Bertz CT molecular complexity index is 679. The minimum Gasteiger partial charge on any atom is -0.361 e. The zero-order valence-corrected chi connectivity index (χ0v) is 15.0. The van der Waals surface area contributed by atoms with Crippen LogP contribution in [-0.4, -0.2) is 47.2 Å². The van der Waals surface area contributed by atoms with E-state index in [1.165, 1.54) is 5.56 Å². The molecule has 0 unspecified atom stereocenters. The maximum absolute atomic E-state index is 12.4. The van der Waals surface area contributed by atoms with E-state index in [9.17, 15) is 4.79 Å². The van der Waals surface area contributed by atoms with Crippen LogP contribution in [0.2, 0.25) is 0 Å². The number of hydrogen-bond acceptors (Lipinski definition) is 4. The monoisotopic (exact) mass is 342 g/mol. The van der Waals surface area contributed by atoms with Crippen LogP contribution < -0.4 is 5.32 Å². The van der Waals surface area contributed by atoms with Gasteiger partial charge in [-0.2, -0.15) is 0 Å². The van der Waals surface area contributed by atoms with E-state index < -0.39 is 0 Å². The lowest BCUT2D eigenvalue weighted by atomic mass is 10.2. The van der Waals surface area contributed by atoms with Crippen LogP contribution in [0.1, 0.15) is 29.0 Å². The van der Waals surface area contributed by atoms with E-state index in [1.807, 2.05) is 49.1 Å². The highest BCUT2D eigenvalue weighted by atomic mass is 16.5. The molecule has 2 heterocycles. The Morgan fingerprint density at radius 1 is 1.16 bits per heavy atom. The maximum atomic E-state index is 12.4. The van der Waals surface area contributed by atoms with Gasteiger partial charge in [-0.05, 0) is 25.8 Å². The van der Waals surface area contributed by atoms with Crippen molar-refractivity contribution in [3.05, 3.63) is 52.9 Å². The van der Waals surface area contributed by atoms with Gasteiger partial charge in [0, 0.05) is 44.8 Å². The van der Waals surface area contributed by atoms with Crippen LogP contribution in [0, 0.1) is 13.8 Å². The van der Waals surface area contributed by atoms with Crippen LogP contribution in [0.5, 0.6) is 0 Å². The van der Waals surface area contributed by atoms with Crippen molar-refractivity contribution >= 4 is 6.03 Å². The standard InChI is InChI=1S/C19H26N4O2/c1-15-18(16(2)25-21-15)14-22-9-6-10-23(12-11-22)19(24)20-13-17-7-4-3-5-8-17/h3-5,7-8H,6,9-14H2,1-2H3,(H,20,24). The molecule has 2 aromatic rings. The smallest absolute Gasteiger partial charge is 0.317 e. The van der Waals surface area contributed by atoms with Crippen molar-refractivity contribution in [3.63, 3.8) is 0 Å². The largest absolute Gasteiger partial charge is 0.361 e. The Morgan fingerprint density at radius 2 is 1.96 bits per heavy atom. The highest BCUT2D eigenvalue weighted by Gasteiger charge is 2.20. The Balaban J connectivity index is 1.50. The average Bonchev–Trinajstić information content (AvgIpc) is 2.82. The molecule has 1 aliphatic rings. The van der Waals surface area contributed by atoms with Crippen molar-refractivity contribution in [2.24, 2.45) is 0 Å². The molecule has 1 aromatic heterocycles.